The van der Waals surface area contributed by atoms with Crippen LogP contribution in [-0.4, -0.2) is 21.8 Å². The van der Waals surface area contributed by atoms with Crippen molar-refractivity contribution in [3.8, 4) is 16.9 Å². The Morgan fingerprint density at radius 3 is 2.46 bits per heavy atom. The second-order valence-electron chi connectivity index (χ2n) is 10.4. The molecule has 208 valence electrons. The van der Waals surface area contributed by atoms with Crippen molar-refractivity contribution >= 4 is 17.3 Å². The molecule has 4 aromatic rings. The van der Waals surface area contributed by atoms with Gasteiger partial charge in [-0.3, -0.25) is 14.6 Å². The maximum atomic E-state index is 14.3. The average molecular weight is 557 g/mol. The first-order chi connectivity index (χ1) is 19.6. The highest BCUT2D eigenvalue weighted by atomic mass is 19.1. The summed E-state index contributed by atoms with van der Waals surface area (Å²) < 4.78 is 42.5. The van der Waals surface area contributed by atoms with Crippen molar-refractivity contribution in [1.82, 2.24) is 4.98 Å². The number of allylic oxidation sites excluding steroid dienone is 2. The number of hydrogen-bond acceptors (Lipinski definition) is 4. The third-order valence-electron chi connectivity index (χ3n) is 7.26. The number of halogens is 3. The molecular formula is C33H27F3N2O3. The third kappa shape index (κ3) is 6.22. The van der Waals surface area contributed by atoms with Crippen molar-refractivity contribution in [1.29, 1.82) is 0 Å². The molecule has 0 bridgehead atoms. The van der Waals surface area contributed by atoms with Gasteiger partial charge in [0.05, 0.1) is 11.3 Å². The molecule has 0 saturated carbocycles. The van der Waals surface area contributed by atoms with Crippen molar-refractivity contribution in [2.24, 2.45) is 5.73 Å². The number of amides is 1. The molecule has 1 aliphatic rings. The van der Waals surface area contributed by atoms with Gasteiger partial charge in [-0.2, -0.15) is 0 Å². The normalized spacial score (nSPS) is 13.0. The van der Waals surface area contributed by atoms with Crippen LogP contribution in [0.25, 0.3) is 16.7 Å². The molecule has 1 aromatic heterocycles. The molecule has 5 nitrogen and oxygen atoms in total. The number of hydrogen-bond donors (Lipinski definition) is 2. The number of carbonyl (C=O) groups is 2. The van der Waals surface area contributed by atoms with E-state index in [4.69, 9.17) is 5.73 Å². The number of primary amides is 1. The quantitative estimate of drug-likeness (QED) is 0.243. The number of phenolic OH excluding ortho intramolecular Hbond substituents is 1. The van der Waals surface area contributed by atoms with E-state index in [-0.39, 0.29) is 36.4 Å². The molecule has 0 fully saturated rings. The van der Waals surface area contributed by atoms with E-state index in [0.717, 1.165) is 34.4 Å². The highest BCUT2D eigenvalue weighted by Gasteiger charge is 2.25. The van der Waals surface area contributed by atoms with Crippen LogP contribution in [0.4, 0.5) is 13.2 Å². The molecule has 3 aromatic carbocycles. The average Bonchev–Trinajstić information content (AvgIpc) is 3.29. The minimum atomic E-state index is -0.926. The Balaban J connectivity index is 1.53. The fourth-order valence-electron chi connectivity index (χ4n) is 5.41. The van der Waals surface area contributed by atoms with Crippen molar-refractivity contribution in [3.63, 3.8) is 0 Å². The summed E-state index contributed by atoms with van der Waals surface area (Å²) in [6.07, 6.45) is 4.44. The first-order valence-electron chi connectivity index (χ1n) is 13.1. The number of benzene rings is 3. The Kier molecular flexibility index (Phi) is 7.75. The Hall–Kier alpha value is -4.72. The number of phenols is 1. The number of fused-ring (bicyclic) bond motifs is 1. The topological polar surface area (TPSA) is 93.3 Å². The van der Waals surface area contributed by atoms with Crippen LogP contribution in [0.1, 0.15) is 57.1 Å². The van der Waals surface area contributed by atoms with Gasteiger partial charge in [0.1, 0.15) is 29.0 Å². The van der Waals surface area contributed by atoms with Gasteiger partial charge in [0.15, 0.2) is 0 Å². The summed E-state index contributed by atoms with van der Waals surface area (Å²) in [6, 6.07) is 14.1. The number of nitrogens with zero attached hydrogens (tertiary/aromatic N) is 1. The molecule has 8 heteroatoms. The molecule has 1 heterocycles. The third-order valence-corrected chi connectivity index (χ3v) is 7.26. The minimum absolute atomic E-state index is 0.00342. The van der Waals surface area contributed by atoms with Gasteiger partial charge in [0.2, 0.25) is 0 Å². The molecule has 3 N–H and O–H groups in total. The smallest absolute Gasteiger partial charge is 0.251 e. The lowest BCUT2D eigenvalue weighted by Gasteiger charge is -2.21. The number of nitrogens with two attached hydrogens (primary N) is 1. The largest absolute Gasteiger partial charge is 0.508 e. The number of ketones is 1. The second-order valence-corrected chi connectivity index (χ2v) is 10.4. The molecule has 0 unspecified atom stereocenters. The molecule has 1 amide bonds. The van der Waals surface area contributed by atoms with Crippen molar-refractivity contribution in [3.05, 3.63) is 124 Å². The van der Waals surface area contributed by atoms with Crippen LogP contribution < -0.4 is 5.73 Å². The van der Waals surface area contributed by atoms with Gasteiger partial charge in [-0.1, -0.05) is 18.2 Å². The highest BCUT2D eigenvalue weighted by molar-refractivity contribution is 5.95. The lowest BCUT2D eigenvalue weighted by Crippen LogP contribution is -2.15. The van der Waals surface area contributed by atoms with Gasteiger partial charge in [0.25, 0.3) is 5.91 Å². The molecule has 0 radical (unpaired) electrons. The van der Waals surface area contributed by atoms with Crippen LogP contribution in [0, 0.1) is 24.4 Å². The summed E-state index contributed by atoms with van der Waals surface area (Å²) in [5, 5.41) is 9.95. The van der Waals surface area contributed by atoms with Crippen LogP contribution in [0.5, 0.6) is 5.75 Å². The Morgan fingerprint density at radius 2 is 1.73 bits per heavy atom. The first kappa shape index (κ1) is 27.8. The van der Waals surface area contributed by atoms with Crippen LogP contribution >= 0.6 is 0 Å². The fraction of sp³-hybridized carbons (Fsp3) is 0.182. The van der Waals surface area contributed by atoms with Gasteiger partial charge in [-0.25, -0.2) is 13.2 Å². The lowest BCUT2D eigenvalue weighted by atomic mass is 9.85. The van der Waals surface area contributed by atoms with E-state index in [9.17, 15) is 27.9 Å². The number of aromatic nitrogens is 1. The van der Waals surface area contributed by atoms with E-state index in [0.29, 0.717) is 28.8 Å². The number of Topliss-reactive ketones (excluding diaryl/α,β-unsaturated/α-hetero) is 1. The zero-order valence-corrected chi connectivity index (χ0v) is 22.3. The predicted molar refractivity (Wildman–Crippen MR) is 150 cm³/mol. The number of aryl methyl sites for hydroxylation is 1. The highest BCUT2D eigenvalue weighted by Crippen LogP contribution is 2.37. The summed E-state index contributed by atoms with van der Waals surface area (Å²) in [5.41, 5.74) is 10.3. The van der Waals surface area contributed by atoms with Crippen molar-refractivity contribution < 1.29 is 27.9 Å². The van der Waals surface area contributed by atoms with E-state index in [2.05, 4.69) is 4.98 Å². The van der Waals surface area contributed by atoms with Gasteiger partial charge in [-0.15, -0.1) is 0 Å². The molecule has 1 aliphatic carbocycles. The van der Waals surface area contributed by atoms with E-state index < -0.39 is 29.3 Å². The molecule has 5 rings (SSSR count). The Morgan fingerprint density at radius 1 is 0.976 bits per heavy atom. The second kappa shape index (κ2) is 11.4. The van der Waals surface area contributed by atoms with Gasteiger partial charge in [0, 0.05) is 36.6 Å². The number of pyridine rings is 1. The summed E-state index contributed by atoms with van der Waals surface area (Å²) in [7, 11) is 0. The van der Waals surface area contributed by atoms with Crippen molar-refractivity contribution in [2.45, 2.75) is 38.5 Å². The van der Waals surface area contributed by atoms with Crippen molar-refractivity contribution in [2.75, 3.05) is 0 Å². The van der Waals surface area contributed by atoms with Gasteiger partial charge >= 0.3 is 0 Å². The van der Waals surface area contributed by atoms with E-state index in [1.165, 1.54) is 24.3 Å². The first-order valence-corrected chi connectivity index (χ1v) is 13.1. The summed E-state index contributed by atoms with van der Waals surface area (Å²) in [5.74, 6) is -3.78. The molecular weight excluding hydrogens is 529 g/mol. The number of rotatable bonds is 9. The van der Waals surface area contributed by atoms with E-state index >= 15 is 0 Å². The maximum Gasteiger partial charge on any atom is 0.251 e. The van der Waals surface area contributed by atoms with Crippen LogP contribution in [-0.2, 0) is 17.6 Å². The summed E-state index contributed by atoms with van der Waals surface area (Å²) >= 11 is 0. The molecule has 41 heavy (non-hydrogen) atoms. The lowest BCUT2D eigenvalue weighted by molar-refractivity contribution is -0.118. The summed E-state index contributed by atoms with van der Waals surface area (Å²) in [6.45, 7) is 1.82. The molecule has 0 saturated heterocycles. The predicted octanol–water partition coefficient (Wildman–Crippen LogP) is 6.59. The Bertz CT molecular complexity index is 1690. The van der Waals surface area contributed by atoms with Crippen LogP contribution in [0.15, 0.2) is 72.9 Å². The van der Waals surface area contributed by atoms with Gasteiger partial charge in [-0.05, 0) is 95.6 Å². The number of carbonyl (C=O) groups excluding carboxylic acids is 2. The molecule has 0 aliphatic heterocycles. The van der Waals surface area contributed by atoms with Gasteiger partial charge < -0.3 is 10.8 Å². The van der Waals surface area contributed by atoms with E-state index in [1.807, 2.05) is 25.1 Å². The molecule has 0 spiro atoms. The van der Waals surface area contributed by atoms with E-state index in [1.54, 1.807) is 18.3 Å². The Labute approximate surface area is 235 Å². The minimum Gasteiger partial charge on any atom is -0.508 e. The maximum absolute atomic E-state index is 14.3. The number of aromatic hydroxyl groups is 1. The monoisotopic (exact) mass is 556 g/mol. The SMILES string of the molecule is Cc1cnc([C@@H](CC(=O)CC2=CCc3ccc(O)cc32)Cc2cc(F)cc(F)c2)c(-c2ccc(F)c(C(N)=O)c2)c1. The summed E-state index contributed by atoms with van der Waals surface area (Å²) in [4.78, 5) is 30.0. The zero-order valence-electron chi connectivity index (χ0n) is 22.3. The standard InChI is InChI=1S/C33H27F3N2O3/c1-18-8-29(22-5-7-31(36)30(14-22)33(37)41)32(38-17-18)23(9-19-10-24(34)15-25(35)11-19)13-27(40)12-21-3-2-20-4-6-26(39)16-28(20)21/h3-8,10-11,14-17,23,39H,2,9,12-13H2,1H3,(H2,37,41)/t23-/m1/s1. The zero-order chi connectivity index (χ0) is 29.3. The van der Waals surface area contributed by atoms with Crippen LogP contribution in [0.2, 0.25) is 0 Å². The molecule has 1 atom stereocenters. The van der Waals surface area contributed by atoms with Crippen LogP contribution in [0.3, 0.4) is 0 Å². The fourth-order valence-corrected chi connectivity index (χ4v) is 5.41.